The fraction of sp³-hybridized carbons (Fsp3) is 0.533. The predicted molar refractivity (Wildman–Crippen MR) is 82.0 cm³/mol. The van der Waals surface area contributed by atoms with Gasteiger partial charge >= 0.3 is 5.97 Å². The van der Waals surface area contributed by atoms with E-state index in [1.165, 1.54) is 7.11 Å². The molecule has 0 saturated heterocycles. The molecule has 0 bridgehead atoms. The van der Waals surface area contributed by atoms with Gasteiger partial charge in [0, 0.05) is 5.33 Å². The zero-order valence-electron chi connectivity index (χ0n) is 12.1. The second-order valence-electron chi connectivity index (χ2n) is 4.58. The van der Waals surface area contributed by atoms with E-state index in [9.17, 15) is 4.79 Å². The summed E-state index contributed by atoms with van der Waals surface area (Å²) in [5, 5.41) is 1.01. The fourth-order valence-corrected chi connectivity index (χ4v) is 2.51. The summed E-state index contributed by atoms with van der Waals surface area (Å²) in [6.45, 7) is 2.82. The van der Waals surface area contributed by atoms with Gasteiger partial charge in [0.1, 0.15) is 0 Å². The molecular weight excluding hydrogens is 324 g/mol. The van der Waals surface area contributed by atoms with Crippen molar-refractivity contribution in [2.24, 2.45) is 5.92 Å². The summed E-state index contributed by atoms with van der Waals surface area (Å²) in [6.07, 6.45) is 2.11. The van der Waals surface area contributed by atoms with Crippen LogP contribution in [0, 0.1) is 5.92 Å². The molecule has 0 aliphatic carbocycles. The number of hydrogen-bond donors (Lipinski definition) is 0. The Bertz CT molecular complexity index is 434. The highest BCUT2D eigenvalue weighted by atomic mass is 79.9. The smallest absolute Gasteiger partial charge is 0.337 e. The van der Waals surface area contributed by atoms with Gasteiger partial charge in [0.25, 0.3) is 0 Å². The lowest BCUT2D eigenvalue weighted by molar-refractivity contribution is 0.0600. The van der Waals surface area contributed by atoms with Crippen LogP contribution in [-0.4, -0.2) is 32.1 Å². The standard InChI is InChI=1S/C15H21BrO4/c1-11(6-8-16)7-9-20-13-5-4-12(15(17)19-3)10-14(13)18-2/h4-5,10-11H,6-9H2,1-3H3. The molecule has 0 amide bonds. The van der Waals surface area contributed by atoms with Gasteiger partial charge in [-0.3, -0.25) is 0 Å². The number of carbonyl (C=O) groups excluding carboxylic acids is 1. The summed E-state index contributed by atoms with van der Waals surface area (Å²) < 4.78 is 15.6. The molecule has 0 aliphatic heterocycles. The monoisotopic (exact) mass is 344 g/mol. The van der Waals surface area contributed by atoms with Crippen molar-refractivity contribution >= 4 is 21.9 Å². The first-order valence-electron chi connectivity index (χ1n) is 6.57. The summed E-state index contributed by atoms with van der Waals surface area (Å²) in [7, 11) is 2.90. The van der Waals surface area contributed by atoms with E-state index in [-0.39, 0.29) is 5.97 Å². The third kappa shape index (κ3) is 5.04. The van der Waals surface area contributed by atoms with Crippen LogP contribution in [0.1, 0.15) is 30.1 Å². The maximum Gasteiger partial charge on any atom is 0.337 e. The van der Waals surface area contributed by atoms with Crippen molar-refractivity contribution in [2.75, 3.05) is 26.2 Å². The molecule has 1 atom stereocenters. The zero-order chi connectivity index (χ0) is 15.0. The Balaban J connectivity index is 2.64. The molecule has 0 saturated carbocycles. The predicted octanol–water partition coefficient (Wildman–Crippen LogP) is 3.67. The lowest BCUT2D eigenvalue weighted by atomic mass is 10.1. The Hall–Kier alpha value is -1.23. The summed E-state index contributed by atoms with van der Waals surface area (Å²) in [5.74, 6) is 1.41. The van der Waals surface area contributed by atoms with Gasteiger partial charge in [0.2, 0.25) is 0 Å². The Kier molecular flexibility index (Phi) is 7.44. The van der Waals surface area contributed by atoms with E-state index in [0.717, 1.165) is 18.2 Å². The van der Waals surface area contributed by atoms with E-state index in [2.05, 4.69) is 27.6 Å². The number of benzene rings is 1. The summed E-state index contributed by atoms with van der Waals surface area (Å²) in [6, 6.07) is 5.04. The van der Waals surface area contributed by atoms with E-state index in [1.54, 1.807) is 25.3 Å². The van der Waals surface area contributed by atoms with Crippen LogP contribution in [0.2, 0.25) is 0 Å². The van der Waals surface area contributed by atoms with Crippen molar-refractivity contribution in [2.45, 2.75) is 19.8 Å². The molecule has 112 valence electrons. The number of hydrogen-bond acceptors (Lipinski definition) is 4. The lowest BCUT2D eigenvalue weighted by Gasteiger charge is -2.14. The van der Waals surface area contributed by atoms with Gasteiger partial charge in [-0.2, -0.15) is 0 Å². The molecule has 20 heavy (non-hydrogen) atoms. The number of carbonyl (C=O) groups is 1. The van der Waals surface area contributed by atoms with E-state index in [4.69, 9.17) is 9.47 Å². The molecule has 0 heterocycles. The Morgan fingerprint density at radius 2 is 2.00 bits per heavy atom. The number of esters is 1. The van der Waals surface area contributed by atoms with E-state index in [1.807, 2.05) is 0 Å². The quantitative estimate of drug-likeness (QED) is 0.533. The lowest BCUT2D eigenvalue weighted by Crippen LogP contribution is -2.06. The van der Waals surface area contributed by atoms with E-state index < -0.39 is 0 Å². The second kappa shape index (κ2) is 8.84. The van der Waals surface area contributed by atoms with Gasteiger partial charge in [-0.1, -0.05) is 22.9 Å². The summed E-state index contributed by atoms with van der Waals surface area (Å²) >= 11 is 3.43. The van der Waals surface area contributed by atoms with Gasteiger partial charge in [-0.25, -0.2) is 4.79 Å². The summed E-state index contributed by atoms with van der Waals surface area (Å²) in [4.78, 5) is 11.4. The second-order valence-corrected chi connectivity index (χ2v) is 5.37. The average Bonchev–Trinajstić information content (AvgIpc) is 2.47. The molecule has 0 radical (unpaired) electrons. The van der Waals surface area contributed by atoms with Gasteiger partial charge in [0.05, 0.1) is 26.4 Å². The number of ether oxygens (including phenoxy) is 3. The Morgan fingerprint density at radius 1 is 1.25 bits per heavy atom. The maximum absolute atomic E-state index is 11.4. The average molecular weight is 345 g/mol. The highest BCUT2D eigenvalue weighted by Crippen LogP contribution is 2.28. The molecule has 1 unspecified atom stereocenters. The van der Waals surface area contributed by atoms with Crippen molar-refractivity contribution < 1.29 is 19.0 Å². The molecule has 0 aromatic heterocycles. The number of methoxy groups -OCH3 is 2. The molecule has 5 heteroatoms. The fourth-order valence-electron chi connectivity index (χ4n) is 1.73. The first-order chi connectivity index (χ1) is 9.62. The van der Waals surface area contributed by atoms with Crippen molar-refractivity contribution in [3.8, 4) is 11.5 Å². The molecule has 1 aromatic rings. The highest BCUT2D eigenvalue weighted by Gasteiger charge is 2.11. The molecule has 1 aromatic carbocycles. The van der Waals surface area contributed by atoms with Gasteiger partial charge < -0.3 is 14.2 Å². The Morgan fingerprint density at radius 3 is 2.60 bits per heavy atom. The van der Waals surface area contributed by atoms with Crippen LogP contribution < -0.4 is 9.47 Å². The largest absolute Gasteiger partial charge is 0.493 e. The van der Waals surface area contributed by atoms with Crippen LogP contribution in [0.15, 0.2) is 18.2 Å². The van der Waals surface area contributed by atoms with Gasteiger partial charge in [-0.15, -0.1) is 0 Å². The van der Waals surface area contributed by atoms with Crippen LogP contribution in [0.3, 0.4) is 0 Å². The molecule has 1 rings (SSSR count). The van der Waals surface area contributed by atoms with Crippen LogP contribution in [0.5, 0.6) is 11.5 Å². The SMILES string of the molecule is COC(=O)c1ccc(OCCC(C)CCBr)c(OC)c1. The molecular formula is C15H21BrO4. The van der Waals surface area contributed by atoms with E-state index >= 15 is 0 Å². The molecule has 4 nitrogen and oxygen atoms in total. The molecule has 0 aliphatic rings. The van der Waals surface area contributed by atoms with Crippen LogP contribution in [0.25, 0.3) is 0 Å². The zero-order valence-corrected chi connectivity index (χ0v) is 13.7. The molecule has 0 fully saturated rings. The normalized spacial score (nSPS) is 11.8. The first kappa shape index (κ1) is 16.8. The van der Waals surface area contributed by atoms with Gasteiger partial charge in [-0.05, 0) is 37.0 Å². The van der Waals surface area contributed by atoms with Crippen molar-refractivity contribution in [3.05, 3.63) is 23.8 Å². The topological polar surface area (TPSA) is 44.8 Å². The minimum Gasteiger partial charge on any atom is -0.493 e. The maximum atomic E-state index is 11.4. The van der Waals surface area contributed by atoms with Crippen molar-refractivity contribution in [1.29, 1.82) is 0 Å². The third-order valence-corrected chi connectivity index (χ3v) is 3.51. The van der Waals surface area contributed by atoms with Crippen LogP contribution >= 0.6 is 15.9 Å². The van der Waals surface area contributed by atoms with Crippen LogP contribution in [-0.2, 0) is 4.74 Å². The van der Waals surface area contributed by atoms with E-state index in [0.29, 0.717) is 29.6 Å². The number of rotatable bonds is 8. The molecule has 0 spiro atoms. The van der Waals surface area contributed by atoms with Crippen molar-refractivity contribution in [3.63, 3.8) is 0 Å². The minimum absolute atomic E-state index is 0.388. The van der Waals surface area contributed by atoms with Gasteiger partial charge in [0.15, 0.2) is 11.5 Å². The third-order valence-electron chi connectivity index (χ3n) is 3.05. The van der Waals surface area contributed by atoms with Crippen LogP contribution in [0.4, 0.5) is 0 Å². The van der Waals surface area contributed by atoms with Crippen molar-refractivity contribution in [1.82, 2.24) is 0 Å². The summed E-state index contributed by atoms with van der Waals surface area (Å²) in [5.41, 5.74) is 0.448. The minimum atomic E-state index is -0.388. The molecule has 0 N–H and O–H groups in total. The number of halogens is 1. The number of alkyl halides is 1. The Labute approximate surface area is 128 Å². The first-order valence-corrected chi connectivity index (χ1v) is 7.69. The highest BCUT2D eigenvalue weighted by molar-refractivity contribution is 9.09.